The average molecular weight is 355 g/mol. The SMILES string of the molecule is CCOc1cc(CN2CCC(=O)NCC2C)c(Cl)cc1OC(C)C. The largest absolute Gasteiger partial charge is 0.490 e. The molecular formula is C18H27ClN2O3. The fourth-order valence-electron chi connectivity index (χ4n) is 2.71. The van der Waals surface area contributed by atoms with E-state index in [0.717, 1.165) is 12.1 Å². The molecule has 1 heterocycles. The lowest BCUT2D eigenvalue weighted by molar-refractivity contribution is -0.120. The van der Waals surface area contributed by atoms with Crippen LogP contribution in [0.15, 0.2) is 12.1 Å². The van der Waals surface area contributed by atoms with E-state index in [1.807, 2.05) is 32.9 Å². The maximum Gasteiger partial charge on any atom is 0.221 e. The molecule has 24 heavy (non-hydrogen) atoms. The molecule has 1 saturated heterocycles. The van der Waals surface area contributed by atoms with Crippen LogP contribution in [0.25, 0.3) is 0 Å². The van der Waals surface area contributed by atoms with Gasteiger partial charge in [0.05, 0.1) is 12.7 Å². The summed E-state index contributed by atoms with van der Waals surface area (Å²) < 4.78 is 11.5. The molecule has 1 N–H and O–H groups in total. The third-order valence-electron chi connectivity index (χ3n) is 3.99. The number of hydrogen-bond donors (Lipinski definition) is 1. The first kappa shape index (κ1) is 18.9. The van der Waals surface area contributed by atoms with E-state index in [2.05, 4.69) is 17.1 Å². The zero-order chi connectivity index (χ0) is 17.7. The Balaban J connectivity index is 2.22. The van der Waals surface area contributed by atoms with Gasteiger partial charge in [-0.25, -0.2) is 0 Å². The summed E-state index contributed by atoms with van der Waals surface area (Å²) in [7, 11) is 0. The van der Waals surface area contributed by atoms with Gasteiger partial charge >= 0.3 is 0 Å². The lowest BCUT2D eigenvalue weighted by Crippen LogP contribution is -2.37. The molecule has 6 heteroatoms. The van der Waals surface area contributed by atoms with Crippen LogP contribution in [0.1, 0.15) is 39.7 Å². The Morgan fingerprint density at radius 3 is 2.79 bits per heavy atom. The number of nitrogens with one attached hydrogen (secondary N) is 1. The Hall–Kier alpha value is -1.46. The van der Waals surface area contributed by atoms with Crippen molar-refractivity contribution in [1.29, 1.82) is 0 Å². The molecule has 1 unspecified atom stereocenters. The zero-order valence-corrected chi connectivity index (χ0v) is 15.7. The van der Waals surface area contributed by atoms with Crippen molar-refractivity contribution in [2.24, 2.45) is 0 Å². The molecule has 134 valence electrons. The molecule has 0 spiro atoms. The van der Waals surface area contributed by atoms with Crippen molar-refractivity contribution in [2.75, 3.05) is 19.7 Å². The minimum Gasteiger partial charge on any atom is -0.490 e. The van der Waals surface area contributed by atoms with Crippen LogP contribution >= 0.6 is 11.6 Å². The monoisotopic (exact) mass is 354 g/mol. The Bertz CT molecular complexity index is 578. The smallest absolute Gasteiger partial charge is 0.221 e. The van der Waals surface area contributed by atoms with Crippen molar-refractivity contribution in [3.8, 4) is 11.5 Å². The van der Waals surface area contributed by atoms with Crippen molar-refractivity contribution in [2.45, 2.75) is 52.8 Å². The Morgan fingerprint density at radius 1 is 1.38 bits per heavy atom. The van der Waals surface area contributed by atoms with Gasteiger partial charge in [0.1, 0.15) is 0 Å². The average Bonchev–Trinajstić information content (AvgIpc) is 2.66. The standard InChI is InChI=1S/C18H27ClN2O3/c1-5-23-16-8-14(15(19)9-17(16)24-12(2)3)11-21-7-6-18(22)20-10-13(21)4/h8-9,12-13H,5-7,10-11H2,1-4H3,(H,20,22). The summed E-state index contributed by atoms with van der Waals surface area (Å²) in [6.07, 6.45) is 0.559. The highest BCUT2D eigenvalue weighted by Gasteiger charge is 2.22. The van der Waals surface area contributed by atoms with E-state index in [-0.39, 0.29) is 18.1 Å². The van der Waals surface area contributed by atoms with E-state index in [1.54, 1.807) is 0 Å². The van der Waals surface area contributed by atoms with E-state index in [1.165, 1.54) is 0 Å². The molecule has 1 atom stereocenters. The molecule has 1 aliphatic heterocycles. The van der Waals surface area contributed by atoms with Crippen LogP contribution < -0.4 is 14.8 Å². The fourth-order valence-corrected chi connectivity index (χ4v) is 2.92. The van der Waals surface area contributed by atoms with Crippen LogP contribution in [-0.4, -0.2) is 42.6 Å². The second kappa shape index (κ2) is 8.58. The number of carbonyl (C=O) groups is 1. The third kappa shape index (κ3) is 5.02. The normalized spacial score (nSPS) is 19.1. The molecule has 1 aromatic rings. The van der Waals surface area contributed by atoms with Gasteiger partial charge in [-0.05, 0) is 39.3 Å². The molecule has 0 aromatic heterocycles. The minimum absolute atomic E-state index is 0.0499. The number of benzene rings is 1. The van der Waals surface area contributed by atoms with Gasteiger partial charge in [0, 0.05) is 43.2 Å². The highest BCUT2D eigenvalue weighted by atomic mass is 35.5. The number of hydrogen-bond acceptors (Lipinski definition) is 4. The maximum absolute atomic E-state index is 11.6. The molecule has 0 radical (unpaired) electrons. The van der Waals surface area contributed by atoms with Crippen LogP contribution in [0.2, 0.25) is 5.02 Å². The van der Waals surface area contributed by atoms with Gasteiger partial charge in [-0.3, -0.25) is 9.69 Å². The highest BCUT2D eigenvalue weighted by Crippen LogP contribution is 2.35. The Morgan fingerprint density at radius 2 is 2.12 bits per heavy atom. The fraction of sp³-hybridized carbons (Fsp3) is 0.611. The topological polar surface area (TPSA) is 50.8 Å². The first-order chi connectivity index (χ1) is 11.4. The zero-order valence-electron chi connectivity index (χ0n) is 14.9. The second-order valence-corrected chi connectivity index (χ2v) is 6.77. The number of nitrogens with zero attached hydrogens (tertiary/aromatic N) is 1. The molecule has 0 saturated carbocycles. The summed E-state index contributed by atoms with van der Waals surface area (Å²) in [6.45, 7) is 10.6. The van der Waals surface area contributed by atoms with E-state index in [4.69, 9.17) is 21.1 Å². The van der Waals surface area contributed by atoms with Crippen molar-refractivity contribution < 1.29 is 14.3 Å². The predicted molar refractivity (Wildman–Crippen MR) is 95.9 cm³/mol. The van der Waals surface area contributed by atoms with E-state index in [9.17, 15) is 4.79 Å². The first-order valence-electron chi connectivity index (χ1n) is 8.53. The lowest BCUT2D eigenvalue weighted by atomic mass is 10.1. The summed E-state index contributed by atoms with van der Waals surface area (Å²) in [4.78, 5) is 13.8. The Kier molecular flexibility index (Phi) is 6.75. The number of ether oxygens (including phenoxy) is 2. The predicted octanol–water partition coefficient (Wildman–Crippen LogP) is 3.24. The lowest BCUT2D eigenvalue weighted by Gasteiger charge is -2.27. The molecule has 0 aliphatic carbocycles. The summed E-state index contributed by atoms with van der Waals surface area (Å²) in [5.41, 5.74) is 0.984. The maximum atomic E-state index is 11.6. The summed E-state index contributed by atoms with van der Waals surface area (Å²) in [5.74, 6) is 1.48. The minimum atomic E-state index is 0.0499. The van der Waals surface area contributed by atoms with Gasteiger partial charge in [0.15, 0.2) is 11.5 Å². The van der Waals surface area contributed by atoms with Gasteiger partial charge in [-0.15, -0.1) is 0 Å². The number of amides is 1. The van der Waals surface area contributed by atoms with Crippen molar-refractivity contribution in [1.82, 2.24) is 10.2 Å². The molecule has 0 bridgehead atoms. The molecule has 1 amide bonds. The molecule has 1 aromatic carbocycles. The van der Waals surface area contributed by atoms with Crippen molar-refractivity contribution in [3.63, 3.8) is 0 Å². The van der Waals surface area contributed by atoms with E-state index >= 15 is 0 Å². The molecular weight excluding hydrogens is 328 g/mol. The van der Waals surface area contributed by atoms with Gasteiger partial charge in [-0.2, -0.15) is 0 Å². The van der Waals surface area contributed by atoms with Gasteiger partial charge in [0.25, 0.3) is 0 Å². The molecule has 1 fully saturated rings. The van der Waals surface area contributed by atoms with Crippen LogP contribution in [-0.2, 0) is 11.3 Å². The summed E-state index contributed by atoms with van der Waals surface area (Å²) in [6, 6.07) is 4.04. The van der Waals surface area contributed by atoms with Gasteiger partial charge in [-0.1, -0.05) is 11.6 Å². The number of rotatable bonds is 6. The summed E-state index contributed by atoms with van der Waals surface area (Å²) >= 11 is 6.48. The first-order valence-corrected chi connectivity index (χ1v) is 8.91. The Labute approximate surface area is 149 Å². The van der Waals surface area contributed by atoms with E-state index in [0.29, 0.717) is 42.6 Å². The van der Waals surface area contributed by atoms with Gasteiger partial charge in [0.2, 0.25) is 5.91 Å². The van der Waals surface area contributed by atoms with Crippen LogP contribution in [0.3, 0.4) is 0 Å². The molecule has 1 aliphatic rings. The van der Waals surface area contributed by atoms with Gasteiger partial charge < -0.3 is 14.8 Å². The second-order valence-electron chi connectivity index (χ2n) is 6.36. The van der Waals surface area contributed by atoms with Crippen LogP contribution in [0.5, 0.6) is 11.5 Å². The highest BCUT2D eigenvalue weighted by molar-refractivity contribution is 6.31. The number of carbonyl (C=O) groups excluding carboxylic acids is 1. The van der Waals surface area contributed by atoms with Crippen LogP contribution in [0, 0.1) is 0 Å². The van der Waals surface area contributed by atoms with Crippen molar-refractivity contribution in [3.05, 3.63) is 22.7 Å². The van der Waals surface area contributed by atoms with Crippen LogP contribution in [0.4, 0.5) is 0 Å². The number of halogens is 1. The molecule has 2 rings (SSSR count). The third-order valence-corrected chi connectivity index (χ3v) is 4.34. The quantitative estimate of drug-likeness (QED) is 0.852. The summed E-state index contributed by atoms with van der Waals surface area (Å²) in [5, 5.41) is 3.59. The van der Waals surface area contributed by atoms with Crippen molar-refractivity contribution >= 4 is 17.5 Å². The molecule has 5 nitrogen and oxygen atoms in total. The van der Waals surface area contributed by atoms with E-state index < -0.39 is 0 Å².